The van der Waals surface area contributed by atoms with Gasteiger partial charge >= 0.3 is 0 Å². The van der Waals surface area contributed by atoms with Gasteiger partial charge in [-0.3, -0.25) is 0 Å². The summed E-state index contributed by atoms with van der Waals surface area (Å²) >= 11 is 0. The average Bonchev–Trinajstić information content (AvgIpc) is 2.75. The van der Waals surface area contributed by atoms with Crippen LogP contribution in [0.25, 0.3) is 0 Å². The van der Waals surface area contributed by atoms with Crippen LogP contribution in [0.2, 0.25) is 0 Å². The summed E-state index contributed by atoms with van der Waals surface area (Å²) < 4.78 is 12.9. The van der Waals surface area contributed by atoms with E-state index < -0.39 is 0 Å². The quantitative estimate of drug-likeness (QED) is 0.788. The van der Waals surface area contributed by atoms with Gasteiger partial charge in [-0.25, -0.2) is 4.39 Å². The highest BCUT2D eigenvalue weighted by atomic mass is 19.1. The Labute approximate surface area is 98.7 Å². The summed E-state index contributed by atoms with van der Waals surface area (Å²) in [5.41, 5.74) is 3.01. The van der Waals surface area contributed by atoms with E-state index in [-0.39, 0.29) is 11.9 Å². The number of hydrogen-bond acceptors (Lipinski definition) is 2. The fraction of sp³-hybridized carbons (Fsp3) is 0.143. The summed E-state index contributed by atoms with van der Waals surface area (Å²) in [6, 6.07) is 12.0. The molecule has 0 amide bonds. The number of rotatable bonds is 1. The lowest BCUT2D eigenvalue weighted by Gasteiger charge is -2.12. The van der Waals surface area contributed by atoms with E-state index in [0.29, 0.717) is 12.3 Å². The molecule has 2 N–H and O–H groups in total. The van der Waals surface area contributed by atoms with Crippen LogP contribution >= 0.6 is 0 Å². The molecule has 1 unspecified atom stereocenters. The first-order chi connectivity index (χ1) is 8.25. The van der Waals surface area contributed by atoms with E-state index in [1.54, 1.807) is 18.2 Å². The second-order valence-corrected chi connectivity index (χ2v) is 4.21. The molecule has 0 radical (unpaired) electrons. The number of phenolic OH excluding ortho intramolecular Hbond substituents is 1. The molecular formula is C14H12FNO. The third-order valence-corrected chi connectivity index (χ3v) is 3.18. The maximum atomic E-state index is 12.9. The Morgan fingerprint density at radius 1 is 1.12 bits per heavy atom. The van der Waals surface area contributed by atoms with Crippen molar-refractivity contribution in [3.63, 3.8) is 0 Å². The van der Waals surface area contributed by atoms with Crippen LogP contribution in [0.5, 0.6) is 5.75 Å². The zero-order valence-corrected chi connectivity index (χ0v) is 9.15. The van der Waals surface area contributed by atoms with Crippen molar-refractivity contribution in [2.24, 2.45) is 0 Å². The van der Waals surface area contributed by atoms with Crippen molar-refractivity contribution >= 4 is 0 Å². The first kappa shape index (κ1) is 10.3. The topological polar surface area (TPSA) is 32.3 Å². The Bertz CT molecular complexity index is 551. The van der Waals surface area contributed by atoms with E-state index in [0.717, 1.165) is 16.7 Å². The molecule has 2 aromatic carbocycles. The number of halogens is 1. The zero-order chi connectivity index (χ0) is 11.8. The van der Waals surface area contributed by atoms with Crippen LogP contribution in [0.1, 0.15) is 22.7 Å². The summed E-state index contributed by atoms with van der Waals surface area (Å²) in [5.74, 6) is 0.0856. The Hall–Kier alpha value is -1.87. The third kappa shape index (κ3) is 1.68. The lowest BCUT2D eigenvalue weighted by molar-refractivity contribution is 0.468. The van der Waals surface area contributed by atoms with Gasteiger partial charge in [-0.05, 0) is 29.3 Å². The molecule has 0 fully saturated rings. The lowest BCUT2D eigenvalue weighted by Crippen LogP contribution is -2.13. The minimum Gasteiger partial charge on any atom is -0.508 e. The summed E-state index contributed by atoms with van der Waals surface area (Å²) in [6.45, 7) is 0.643. The van der Waals surface area contributed by atoms with Gasteiger partial charge in [0.25, 0.3) is 0 Å². The molecule has 1 aliphatic rings. The largest absolute Gasteiger partial charge is 0.508 e. The normalized spacial score (nSPS) is 18.1. The van der Waals surface area contributed by atoms with Crippen LogP contribution in [0.4, 0.5) is 4.39 Å². The monoisotopic (exact) mass is 229 g/mol. The standard InChI is InChI=1S/C14H12FNO/c15-10-6-4-9(5-7-10)14-11-2-1-3-13(17)12(11)8-16-14/h1-7,14,16-17H,8H2. The number of benzene rings is 2. The van der Waals surface area contributed by atoms with Gasteiger partial charge in [-0.1, -0.05) is 24.3 Å². The highest BCUT2D eigenvalue weighted by Gasteiger charge is 2.25. The molecule has 1 atom stereocenters. The van der Waals surface area contributed by atoms with Gasteiger partial charge in [-0.15, -0.1) is 0 Å². The van der Waals surface area contributed by atoms with E-state index in [1.807, 2.05) is 12.1 Å². The highest BCUT2D eigenvalue weighted by Crippen LogP contribution is 2.35. The van der Waals surface area contributed by atoms with Crippen molar-refractivity contribution in [2.45, 2.75) is 12.6 Å². The van der Waals surface area contributed by atoms with Gasteiger partial charge in [0.1, 0.15) is 11.6 Å². The van der Waals surface area contributed by atoms with Gasteiger partial charge in [0, 0.05) is 12.1 Å². The molecule has 0 bridgehead atoms. The smallest absolute Gasteiger partial charge is 0.123 e. The fourth-order valence-electron chi connectivity index (χ4n) is 2.32. The van der Waals surface area contributed by atoms with Crippen molar-refractivity contribution in [3.8, 4) is 5.75 Å². The summed E-state index contributed by atoms with van der Waals surface area (Å²) in [4.78, 5) is 0. The molecule has 86 valence electrons. The molecule has 0 aromatic heterocycles. The summed E-state index contributed by atoms with van der Waals surface area (Å²) in [5, 5.41) is 13.1. The molecule has 2 aromatic rings. The minimum atomic E-state index is -0.233. The van der Waals surface area contributed by atoms with E-state index in [1.165, 1.54) is 12.1 Å². The molecule has 1 aliphatic heterocycles. The average molecular weight is 229 g/mol. The number of fused-ring (bicyclic) bond motifs is 1. The minimum absolute atomic E-state index is 0.0395. The summed E-state index contributed by atoms with van der Waals surface area (Å²) in [7, 11) is 0. The predicted octanol–water partition coefficient (Wildman–Crippen LogP) is 2.72. The van der Waals surface area contributed by atoms with E-state index >= 15 is 0 Å². The Morgan fingerprint density at radius 3 is 2.65 bits per heavy atom. The van der Waals surface area contributed by atoms with E-state index in [4.69, 9.17) is 0 Å². The second kappa shape index (κ2) is 3.86. The molecule has 0 spiro atoms. The first-order valence-corrected chi connectivity index (χ1v) is 5.55. The van der Waals surface area contributed by atoms with Crippen molar-refractivity contribution in [2.75, 3.05) is 0 Å². The van der Waals surface area contributed by atoms with E-state index in [2.05, 4.69) is 5.32 Å². The number of nitrogens with one attached hydrogen (secondary N) is 1. The Morgan fingerprint density at radius 2 is 1.88 bits per heavy atom. The number of aromatic hydroxyl groups is 1. The van der Waals surface area contributed by atoms with Gasteiger partial charge in [-0.2, -0.15) is 0 Å². The number of hydrogen-bond donors (Lipinski definition) is 2. The SMILES string of the molecule is Oc1cccc2c1CNC2c1ccc(F)cc1. The Balaban J connectivity index is 2.04. The second-order valence-electron chi connectivity index (χ2n) is 4.21. The maximum absolute atomic E-state index is 12.9. The fourth-order valence-corrected chi connectivity index (χ4v) is 2.32. The van der Waals surface area contributed by atoms with Crippen molar-refractivity contribution in [1.82, 2.24) is 5.32 Å². The molecular weight excluding hydrogens is 217 g/mol. The lowest BCUT2D eigenvalue weighted by atomic mass is 9.98. The first-order valence-electron chi connectivity index (χ1n) is 5.55. The van der Waals surface area contributed by atoms with Crippen LogP contribution in [0.3, 0.4) is 0 Å². The van der Waals surface area contributed by atoms with Crippen LogP contribution in [-0.4, -0.2) is 5.11 Å². The molecule has 3 heteroatoms. The van der Waals surface area contributed by atoms with Gasteiger partial charge in [0.2, 0.25) is 0 Å². The highest BCUT2D eigenvalue weighted by molar-refractivity contribution is 5.47. The molecule has 3 rings (SSSR count). The van der Waals surface area contributed by atoms with Crippen molar-refractivity contribution in [1.29, 1.82) is 0 Å². The Kier molecular flexibility index (Phi) is 2.34. The molecule has 1 heterocycles. The molecule has 0 aliphatic carbocycles. The van der Waals surface area contributed by atoms with Crippen LogP contribution in [0.15, 0.2) is 42.5 Å². The van der Waals surface area contributed by atoms with Crippen LogP contribution in [0, 0.1) is 5.82 Å². The molecule has 0 saturated carbocycles. The zero-order valence-electron chi connectivity index (χ0n) is 9.15. The van der Waals surface area contributed by atoms with Gasteiger partial charge in [0.15, 0.2) is 0 Å². The van der Waals surface area contributed by atoms with Crippen LogP contribution in [-0.2, 0) is 6.54 Å². The molecule has 2 nitrogen and oxygen atoms in total. The van der Waals surface area contributed by atoms with Crippen molar-refractivity contribution < 1.29 is 9.50 Å². The van der Waals surface area contributed by atoms with Gasteiger partial charge < -0.3 is 10.4 Å². The third-order valence-electron chi connectivity index (χ3n) is 3.18. The maximum Gasteiger partial charge on any atom is 0.123 e. The predicted molar refractivity (Wildman–Crippen MR) is 63.2 cm³/mol. The van der Waals surface area contributed by atoms with Crippen molar-refractivity contribution in [3.05, 3.63) is 65.0 Å². The molecule has 17 heavy (non-hydrogen) atoms. The van der Waals surface area contributed by atoms with Crippen LogP contribution < -0.4 is 5.32 Å². The van der Waals surface area contributed by atoms with Gasteiger partial charge in [0.05, 0.1) is 6.04 Å². The van der Waals surface area contributed by atoms with E-state index in [9.17, 15) is 9.50 Å². The summed E-state index contributed by atoms with van der Waals surface area (Å²) in [6.07, 6.45) is 0. The molecule has 0 saturated heterocycles. The number of phenols is 1.